The van der Waals surface area contributed by atoms with E-state index in [2.05, 4.69) is 35.0 Å². The highest BCUT2D eigenvalue weighted by molar-refractivity contribution is 9.09. The van der Waals surface area contributed by atoms with E-state index in [1.165, 1.54) is 24.8 Å². The van der Waals surface area contributed by atoms with E-state index < -0.39 is 0 Å². The molecular weight excluding hydrogens is 252 g/mol. The van der Waals surface area contributed by atoms with Gasteiger partial charge in [-0.25, -0.2) is 0 Å². The highest BCUT2D eigenvalue weighted by Crippen LogP contribution is 2.22. The lowest BCUT2D eigenvalue weighted by Gasteiger charge is -2.10. The molecule has 0 radical (unpaired) electrons. The van der Waals surface area contributed by atoms with E-state index in [0.29, 0.717) is 4.83 Å². The molecule has 1 aromatic rings. The second-order valence-electron chi connectivity index (χ2n) is 3.74. The summed E-state index contributed by atoms with van der Waals surface area (Å²) < 4.78 is 5.32. The number of hydrogen-bond donors (Lipinski definition) is 0. The molecule has 0 heterocycles. The smallest absolute Gasteiger partial charge is 0.122 e. The predicted octanol–water partition coefficient (Wildman–Crippen LogP) is 4.19. The summed E-state index contributed by atoms with van der Waals surface area (Å²) in [5.74, 6) is 1.01. The third-order valence-corrected chi connectivity index (χ3v) is 3.44. The molecule has 0 N–H and O–H groups in total. The molecule has 0 amide bonds. The van der Waals surface area contributed by atoms with Crippen molar-refractivity contribution >= 4 is 15.9 Å². The zero-order valence-corrected chi connectivity index (χ0v) is 11.1. The van der Waals surface area contributed by atoms with Gasteiger partial charge in [0.15, 0.2) is 0 Å². The Morgan fingerprint density at radius 3 is 2.67 bits per heavy atom. The molecular formula is C13H19BrO. The van der Waals surface area contributed by atoms with Crippen molar-refractivity contribution in [1.82, 2.24) is 0 Å². The van der Waals surface area contributed by atoms with Gasteiger partial charge in [0.05, 0.1) is 7.11 Å². The van der Waals surface area contributed by atoms with Crippen molar-refractivity contribution in [3.05, 3.63) is 29.8 Å². The van der Waals surface area contributed by atoms with E-state index in [0.717, 1.165) is 12.2 Å². The van der Waals surface area contributed by atoms with Crippen molar-refractivity contribution in [3.63, 3.8) is 0 Å². The molecule has 84 valence electrons. The zero-order chi connectivity index (χ0) is 11.1. The number of alkyl halides is 1. The van der Waals surface area contributed by atoms with Crippen LogP contribution in [0, 0.1) is 0 Å². The molecule has 15 heavy (non-hydrogen) atoms. The topological polar surface area (TPSA) is 9.23 Å². The molecule has 0 spiro atoms. The lowest BCUT2D eigenvalue weighted by Crippen LogP contribution is -2.00. The fourth-order valence-corrected chi connectivity index (χ4v) is 2.37. The molecule has 0 aliphatic carbocycles. The SMILES string of the molecule is CCCC(Br)CCc1ccccc1OC. The Labute approximate surface area is 101 Å². The number of benzene rings is 1. The van der Waals surface area contributed by atoms with E-state index in [1.807, 2.05) is 12.1 Å². The number of ether oxygens (including phenoxy) is 1. The van der Waals surface area contributed by atoms with E-state index in [-0.39, 0.29) is 0 Å². The van der Waals surface area contributed by atoms with E-state index in [1.54, 1.807) is 7.11 Å². The van der Waals surface area contributed by atoms with Crippen molar-refractivity contribution in [2.75, 3.05) is 7.11 Å². The van der Waals surface area contributed by atoms with Crippen LogP contribution in [0.4, 0.5) is 0 Å². The van der Waals surface area contributed by atoms with Gasteiger partial charge in [0.1, 0.15) is 5.75 Å². The van der Waals surface area contributed by atoms with E-state index in [4.69, 9.17) is 4.74 Å². The molecule has 1 nitrogen and oxygen atoms in total. The minimum Gasteiger partial charge on any atom is -0.496 e. The third-order valence-electron chi connectivity index (χ3n) is 2.52. The molecule has 0 saturated carbocycles. The standard InChI is InChI=1S/C13H19BrO/c1-3-6-12(14)10-9-11-7-4-5-8-13(11)15-2/h4-5,7-8,12H,3,6,9-10H2,1-2H3. The van der Waals surface area contributed by atoms with Crippen LogP contribution in [-0.2, 0) is 6.42 Å². The number of para-hydroxylation sites is 1. The van der Waals surface area contributed by atoms with Crippen molar-refractivity contribution in [3.8, 4) is 5.75 Å². The van der Waals surface area contributed by atoms with Gasteiger partial charge >= 0.3 is 0 Å². The Hall–Kier alpha value is -0.500. The van der Waals surface area contributed by atoms with Gasteiger partial charge in [0.25, 0.3) is 0 Å². The van der Waals surface area contributed by atoms with Gasteiger partial charge in [-0.2, -0.15) is 0 Å². The minimum atomic E-state index is 0.632. The Morgan fingerprint density at radius 1 is 1.27 bits per heavy atom. The third kappa shape index (κ3) is 4.25. The maximum Gasteiger partial charge on any atom is 0.122 e. The highest BCUT2D eigenvalue weighted by atomic mass is 79.9. The van der Waals surface area contributed by atoms with Crippen LogP contribution >= 0.6 is 15.9 Å². The second-order valence-corrected chi connectivity index (χ2v) is 5.03. The maximum atomic E-state index is 5.32. The maximum absolute atomic E-state index is 5.32. The summed E-state index contributed by atoms with van der Waals surface area (Å²) in [6.07, 6.45) is 4.74. The van der Waals surface area contributed by atoms with E-state index >= 15 is 0 Å². The van der Waals surface area contributed by atoms with Crippen LogP contribution in [0.15, 0.2) is 24.3 Å². The van der Waals surface area contributed by atoms with Crippen molar-refractivity contribution < 1.29 is 4.74 Å². The predicted molar refractivity (Wildman–Crippen MR) is 68.9 cm³/mol. The number of hydrogen-bond acceptors (Lipinski definition) is 1. The lowest BCUT2D eigenvalue weighted by atomic mass is 10.1. The van der Waals surface area contributed by atoms with Crippen molar-refractivity contribution in [2.24, 2.45) is 0 Å². The van der Waals surface area contributed by atoms with Crippen molar-refractivity contribution in [1.29, 1.82) is 0 Å². The van der Waals surface area contributed by atoms with E-state index in [9.17, 15) is 0 Å². The molecule has 0 fully saturated rings. The Kier molecular flexibility index (Phi) is 5.77. The lowest BCUT2D eigenvalue weighted by molar-refractivity contribution is 0.409. The summed E-state index contributed by atoms with van der Waals surface area (Å²) in [7, 11) is 1.73. The normalized spacial score (nSPS) is 12.5. The minimum absolute atomic E-state index is 0.632. The number of aryl methyl sites for hydroxylation is 1. The molecule has 0 saturated heterocycles. The first kappa shape index (κ1) is 12.6. The summed E-state index contributed by atoms with van der Waals surface area (Å²) in [4.78, 5) is 0.632. The number of halogens is 1. The summed E-state index contributed by atoms with van der Waals surface area (Å²) >= 11 is 3.70. The van der Waals surface area contributed by atoms with Crippen LogP contribution in [0.2, 0.25) is 0 Å². The van der Waals surface area contributed by atoms with Gasteiger partial charge in [-0.15, -0.1) is 0 Å². The largest absolute Gasteiger partial charge is 0.496 e. The summed E-state index contributed by atoms with van der Waals surface area (Å²) in [5, 5.41) is 0. The summed E-state index contributed by atoms with van der Waals surface area (Å²) in [5.41, 5.74) is 1.31. The molecule has 1 unspecified atom stereocenters. The van der Waals surface area contributed by atoms with Crippen LogP contribution < -0.4 is 4.74 Å². The average molecular weight is 271 g/mol. The van der Waals surface area contributed by atoms with Crippen LogP contribution in [0.3, 0.4) is 0 Å². The molecule has 0 aromatic heterocycles. The monoisotopic (exact) mass is 270 g/mol. The number of methoxy groups -OCH3 is 1. The summed E-state index contributed by atoms with van der Waals surface area (Å²) in [6, 6.07) is 8.25. The average Bonchev–Trinajstić information content (AvgIpc) is 2.27. The van der Waals surface area contributed by atoms with Crippen LogP contribution in [0.5, 0.6) is 5.75 Å². The van der Waals surface area contributed by atoms with Crippen molar-refractivity contribution in [2.45, 2.75) is 37.4 Å². The molecule has 1 atom stereocenters. The second kappa shape index (κ2) is 6.89. The molecule has 0 aliphatic heterocycles. The van der Waals surface area contributed by atoms with Gasteiger partial charge in [-0.05, 0) is 30.9 Å². The summed E-state index contributed by atoms with van der Waals surface area (Å²) in [6.45, 7) is 2.22. The Bertz CT molecular complexity index is 286. The quantitative estimate of drug-likeness (QED) is 0.705. The van der Waals surface area contributed by atoms with Gasteiger partial charge in [-0.1, -0.05) is 47.5 Å². The Morgan fingerprint density at radius 2 is 2.00 bits per heavy atom. The van der Waals surface area contributed by atoms with Crippen LogP contribution in [0.25, 0.3) is 0 Å². The fraction of sp³-hybridized carbons (Fsp3) is 0.538. The highest BCUT2D eigenvalue weighted by Gasteiger charge is 2.06. The first-order valence-electron chi connectivity index (χ1n) is 5.54. The van der Waals surface area contributed by atoms with Gasteiger partial charge in [0, 0.05) is 4.83 Å². The molecule has 2 heteroatoms. The zero-order valence-electron chi connectivity index (χ0n) is 9.50. The van der Waals surface area contributed by atoms with Crippen LogP contribution in [0.1, 0.15) is 31.7 Å². The first-order chi connectivity index (χ1) is 7.27. The Balaban J connectivity index is 2.49. The fourth-order valence-electron chi connectivity index (χ4n) is 1.68. The molecule has 1 aromatic carbocycles. The number of rotatable bonds is 6. The first-order valence-corrected chi connectivity index (χ1v) is 6.45. The molecule has 0 aliphatic rings. The van der Waals surface area contributed by atoms with Gasteiger partial charge in [0.2, 0.25) is 0 Å². The molecule has 0 bridgehead atoms. The molecule has 1 rings (SSSR count). The van der Waals surface area contributed by atoms with Crippen LogP contribution in [-0.4, -0.2) is 11.9 Å². The van der Waals surface area contributed by atoms with Gasteiger partial charge < -0.3 is 4.74 Å². The van der Waals surface area contributed by atoms with Gasteiger partial charge in [-0.3, -0.25) is 0 Å².